The van der Waals surface area contributed by atoms with Gasteiger partial charge >= 0.3 is 0 Å². The van der Waals surface area contributed by atoms with Crippen molar-refractivity contribution in [1.82, 2.24) is 0 Å². The Morgan fingerprint density at radius 2 is 1.46 bits per heavy atom. The Bertz CT molecular complexity index is 695. The standard InChI is InChI=1S/C25H35N/c1-15(2)19-11-8-12-20(16(3)4)25(19)26-24-17(5)21-13-6-9-18-10-7-14-22(24)23(18)21/h8,11-12,15-16,18,21-23H,5-7,9-10,13-14H2,1-4H3. The van der Waals surface area contributed by atoms with Gasteiger partial charge in [0.05, 0.1) is 5.69 Å². The average Bonchev–Trinajstić information content (AvgIpc) is 2.90. The van der Waals surface area contributed by atoms with Gasteiger partial charge < -0.3 is 0 Å². The number of para-hydroxylation sites is 1. The van der Waals surface area contributed by atoms with Crippen molar-refractivity contribution in [3.8, 4) is 0 Å². The first-order valence-corrected chi connectivity index (χ1v) is 10.9. The molecule has 0 radical (unpaired) electrons. The quantitative estimate of drug-likeness (QED) is 0.539. The molecule has 1 heteroatoms. The predicted molar refractivity (Wildman–Crippen MR) is 113 cm³/mol. The Labute approximate surface area is 160 Å². The number of hydrogen-bond acceptors (Lipinski definition) is 1. The fraction of sp³-hybridized carbons (Fsp3) is 0.640. The minimum absolute atomic E-state index is 0.504. The summed E-state index contributed by atoms with van der Waals surface area (Å²) in [6.07, 6.45) is 8.34. The summed E-state index contributed by atoms with van der Waals surface area (Å²) in [6, 6.07) is 6.78. The van der Waals surface area contributed by atoms with Crippen LogP contribution in [0.25, 0.3) is 0 Å². The molecule has 0 aromatic heterocycles. The second kappa shape index (κ2) is 6.98. The maximum Gasteiger partial charge on any atom is 0.0702 e. The lowest BCUT2D eigenvalue weighted by Crippen LogP contribution is -2.33. The third kappa shape index (κ3) is 2.88. The highest BCUT2D eigenvalue weighted by atomic mass is 14.8. The van der Waals surface area contributed by atoms with Crippen LogP contribution in [0.15, 0.2) is 35.3 Å². The summed E-state index contributed by atoms with van der Waals surface area (Å²) < 4.78 is 0. The van der Waals surface area contributed by atoms with Crippen LogP contribution >= 0.6 is 0 Å². The second-order valence-corrected chi connectivity index (χ2v) is 9.53. The Hall–Kier alpha value is -1.37. The van der Waals surface area contributed by atoms with Crippen molar-refractivity contribution >= 4 is 11.4 Å². The summed E-state index contributed by atoms with van der Waals surface area (Å²) >= 11 is 0. The van der Waals surface area contributed by atoms with Gasteiger partial charge in [0.1, 0.15) is 0 Å². The largest absolute Gasteiger partial charge is 0.252 e. The lowest BCUT2D eigenvalue weighted by atomic mass is 9.64. The molecule has 0 amide bonds. The molecule has 3 aliphatic rings. The van der Waals surface area contributed by atoms with Crippen molar-refractivity contribution in [1.29, 1.82) is 0 Å². The van der Waals surface area contributed by atoms with Crippen molar-refractivity contribution in [3.05, 3.63) is 41.5 Å². The molecule has 0 heterocycles. The number of rotatable bonds is 3. The first kappa shape index (κ1) is 18.0. The van der Waals surface area contributed by atoms with Crippen LogP contribution in [0.3, 0.4) is 0 Å². The van der Waals surface area contributed by atoms with Crippen molar-refractivity contribution in [2.45, 2.75) is 78.1 Å². The molecule has 3 aliphatic carbocycles. The van der Waals surface area contributed by atoms with Gasteiger partial charge in [0.15, 0.2) is 0 Å². The molecule has 140 valence electrons. The van der Waals surface area contributed by atoms with E-state index in [-0.39, 0.29) is 0 Å². The van der Waals surface area contributed by atoms with E-state index in [2.05, 4.69) is 52.5 Å². The predicted octanol–water partition coefficient (Wildman–Crippen LogP) is 7.41. The van der Waals surface area contributed by atoms with Crippen LogP contribution in [0.2, 0.25) is 0 Å². The van der Waals surface area contributed by atoms with Crippen molar-refractivity contribution in [2.24, 2.45) is 28.7 Å². The van der Waals surface area contributed by atoms with Crippen LogP contribution in [0.4, 0.5) is 5.69 Å². The normalized spacial score (nSPS) is 32.5. The summed E-state index contributed by atoms with van der Waals surface area (Å²) in [4.78, 5) is 5.44. The fourth-order valence-electron chi connectivity index (χ4n) is 6.12. The van der Waals surface area contributed by atoms with Crippen LogP contribution in [0, 0.1) is 23.7 Å². The van der Waals surface area contributed by atoms with E-state index in [9.17, 15) is 0 Å². The van der Waals surface area contributed by atoms with Gasteiger partial charge in [-0.05, 0) is 59.1 Å². The van der Waals surface area contributed by atoms with Gasteiger partial charge in [0.2, 0.25) is 0 Å². The zero-order valence-corrected chi connectivity index (χ0v) is 17.1. The molecule has 0 N–H and O–H groups in total. The molecule has 3 fully saturated rings. The number of aliphatic imine (C=N–C) groups is 1. The van der Waals surface area contributed by atoms with Crippen molar-refractivity contribution in [3.63, 3.8) is 0 Å². The van der Waals surface area contributed by atoms with Gasteiger partial charge in [-0.15, -0.1) is 0 Å². The zero-order valence-electron chi connectivity index (χ0n) is 17.1. The molecule has 0 aliphatic heterocycles. The van der Waals surface area contributed by atoms with Gasteiger partial charge in [-0.25, -0.2) is 0 Å². The summed E-state index contributed by atoms with van der Waals surface area (Å²) in [5.41, 5.74) is 6.83. The monoisotopic (exact) mass is 349 g/mol. The maximum atomic E-state index is 5.44. The van der Waals surface area contributed by atoms with E-state index < -0.39 is 0 Å². The summed E-state index contributed by atoms with van der Waals surface area (Å²) in [6.45, 7) is 13.8. The Morgan fingerprint density at radius 1 is 0.885 bits per heavy atom. The molecule has 1 nitrogen and oxygen atoms in total. The third-order valence-corrected chi connectivity index (χ3v) is 7.36. The highest BCUT2D eigenvalue weighted by Crippen LogP contribution is 2.55. The lowest BCUT2D eigenvalue weighted by Gasteiger charge is -2.40. The number of hydrogen-bond donors (Lipinski definition) is 0. The minimum Gasteiger partial charge on any atom is -0.252 e. The van der Waals surface area contributed by atoms with E-state index in [4.69, 9.17) is 4.99 Å². The second-order valence-electron chi connectivity index (χ2n) is 9.53. The average molecular weight is 350 g/mol. The van der Waals surface area contributed by atoms with Crippen LogP contribution in [-0.2, 0) is 0 Å². The van der Waals surface area contributed by atoms with E-state index in [1.165, 1.54) is 66.6 Å². The van der Waals surface area contributed by atoms with Crippen LogP contribution in [-0.4, -0.2) is 5.71 Å². The zero-order chi connectivity index (χ0) is 18.4. The molecule has 0 spiro atoms. The van der Waals surface area contributed by atoms with Gasteiger partial charge in [-0.3, -0.25) is 4.99 Å². The SMILES string of the molecule is C=C1C(=Nc2c(C(C)C)cccc2C(C)C)C2CCCC3CCCC1C32. The van der Waals surface area contributed by atoms with E-state index in [1.54, 1.807) is 0 Å². The van der Waals surface area contributed by atoms with Gasteiger partial charge in [-0.1, -0.05) is 78.2 Å². The first-order valence-electron chi connectivity index (χ1n) is 10.9. The number of nitrogens with zero attached hydrogens (tertiary/aromatic N) is 1. The van der Waals surface area contributed by atoms with Crippen LogP contribution in [0.5, 0.6) is 0 Å². The van der Waals surface area contributed by atoms with Gasteiger partial charge in [0.25, 0.3) is 0 Å². The fourth-order valence-corrected chi connectivity index (χ4v) is 6.12. The van der Waals surface area contributed by atoms with Crippen LogP contribution in [0.1, 0.15) is 89.2 Å². The molecule has 26 heavy (non-hydrogen) atoms. The molecule has 1 aromatic carbocycles. The topological polar surface area (TPSA) is 12.4 Å². The van der Waals surface area contributed by atoms with E-state index in [0.717, 1.165) is 11.8 Å². The van der Waals surface area contributed by atoms with Gasteiger partial charge in [0, 0.05) is 11.6 Å². The maximum absolute atomic E-state index is 5.44. The number of allylic oxidation sites excluding steroid dienone is 1. The Morgan fingerprint density at radius 3 is 2.04 bits per heavy atom. The van der Waals surface area contributed by atoms with Gasteiger partial charge in [-0.2, -0.15) is 0 Å². The smallest absolute Gasteiger partial charge is 0.0702 e. The Balaban J connectivity index is 1.82. The van der Waals surface area contributed by atoms with E-state index in [1.807, 2.05) is 0 Å². The molecule has 3 saturated carbocycles. The van der Waals surface area contributed by atoms with E-state index >= 15 is 0 Å². The third-order valence-electron chi connectivity index (χ3n) is 7.36. The lowest BCUT2D eigenvalue weighted by molar-refractivity contribution is 0.115. The van der Waals surface area contributed by atoms with Crippen molar-refractivity contribution in [2.75, 3.05) is 0 Å². The molecule has 0 bridgehead atoms. The van der Waals surface area contributed by atoms with E-state index in [0.29, 0.717) is 23.7 Å². The first-order chi connectivity index (χ1) is 12.5. The Kier molecular flexibility index (Phi) is 4.84. The highest BCUT2D eigenvalue weighted by Gasteiger charge is 2.50. The molecule has 4 atom stereocenters. The molecule has 1 aromatic rings. The molecule has 0 saturated heterocycles. The summed E-state index contributed by atoms with van der Waals surface area (Å²) in [7, 11) is 0. The van der Waals surface area contributed by atoms with Crippen LogP contribution < -0.4 is 0 Å². The van der Waals surface area contributed by atoms with Crippen molar-refractivity contribution < 1.29 is 0 Å². The summed E-state index contributed by atoms with van der Waals surface area (Å²) in [5, 5.41) is 0. The molecule has 4 unspecified atom stereocenters. The molecule has 4 rings (SSSR count). The minimum atomic E-state index is 0.504. The number of benzene rings is 1. The molecular formula is C25H35N. The molecular weight excluding hydrogens is 314 g/mol. The highest BCUT2D eigenvalue weighted by molar-refractivity contribution is 6.06. The summed E-state index contributed by atoms with van der Waals surface area (Å²) in [5.74, 6) is 4.17.